The molecule has 1 aliphatic rings. The van der Waals surface area contributed by atoms with E-state index in [1.165, 1.54) is 46.8 Å². The molecule has 1 aliphatic heterocycles. The van der Waals surface area contributed by atoms with Crippen molar-refractivity contribution in [1.82, 2.24) is 15.1 Å². The zero-order valence-corrected chi connectivity index (χ0v) is 20.0. The van der Waals surface area contributed by atoms with E-state index >= 15 is 0 Å². The Labute approximate surface area is 200 Å². The summed E-state index contributed by atoms with van der Waals surface area (Å²) in [6, 6.07) is 12.5. The van der Waals surface area contributed by atoms with E-state index in [4.69, 9.17) is 4.42 Å². The maximum absolute atomic E-state index is 13.4. The van der Waals surface area contributed by atoms with Gasteiger partial charge in [-0.05, 0) is 42.6 Å². The van der Waals surface area contributed by atoms with Crippen LogP contribution in [-0.4, -0.2) is 67.5 Å². The van der Waals surface area contributed by atoms with E-state index in [1.807, 2.05) is 12.3 Å². The normalized spacial score (nSPS) is 15.1. The van der Waals surface area contributed by atoms with E-state index in [1.54, 1.807) is 29.2 Å². The molecule has 9 nitrogen and oxygen atoms in total. The van der Waals surface area contributed by atoms with Gasteiger partial charge in [-0.3, -0.25) is 14.4 Å². The van der Waals surface area contributed by atoms with Gasteiger partial charge < -0.3 is 19.5 Å². The highest BCUT2D eigenvalue weighted by Crippen LogP contribution is 2.20. The van der Waals surface area contributed by atoms with Crippen molar-refractivity contribution in [2.75, 3.05) is 26.2 Å². The molecule has 1 saturated heterocycles. The first-order valence-corrected chi connectivity index (χ1v) is 13.0. The molecule has 0 saturated carbocycles. The number of nitrogens with zero attached hydrogens (tertiary/aromatic N) is 2. The molecule has 1 aromatic carbocycles. The third-order valence-corrected chi connectivity index (χ3v) is 8.23. The quantitative estimate of drug-likeness (QED) is 0.553. The van der Waals surface area contributed by atoms with Gasteiger partial charge in [0.25, 0.3) is 17.7 Å². The molecule has 3 amide bonds. The van der Waals surface area contributed by atoms with Crippen LogP contribution in [0.15, 0.2) is 69.5 Å². The van der Waals surface area contributed by atoms with Crippen LogP contribution in [0.1, 0.15) is 25.8 Å². The molecule has 1 fully saturated rings. The predicted molar refractivity (Wildman–Crippen MR) is 125 cm³/mol. The third-order valence-electron chi connectivity index (χ3n) is 5.50. The van der Waals surface area contributed by atoms with Crippen LogP contribution in [0.2, 0.25) is 0 Å². The number of hydrogen-bond donors (Lipinski definition) is 1. The van der Waals surface area contributed by atoms with Gasteiger partial charge in [-0.2, -0.15) is 0 Å². The minimum Gasteiger partial charge on any atom is -0.459 e. The van der Waals surface area contributed by atoms with Gasteiger partial charge in [-0.25, -0.2) is 8.42 Å². The molecule has 0 spiro atoms. The summed E-state index contributed by atoms with van der Waals surface area (Å²) in [5, 5.41) is 2.31. The zero-order chi connectivity index (χ0) is 24.3. The smallest absolute Gasteiger partial charge is 0.288 e. The van der Waals surface area contributed by atoms with Gasteiger partial charge in [0.05, 0.1) is 16.0 Å². The predicted octanol–water partition coefficient (Wildman–Crippen LogP) is 2.16. The highest BCUT2D eigenvalue weighted by atomic mass is 32.2. The van der Waals surface area contributed by atoms with E-state index in [2.05, 4.69) is 5.32 Å². The SMILES string of the molecule is Cc1ccc(S(=O)(=O)[C@@H](NC(=O)c2ccco2)C(=O)N2CCN(C(=O)c3cccs3)CC2)cc1. The molecule has 178 valence electrons. The van der Waals surface area contributed by atoms with Crippen molar-refractivity contribution in [3.63, 3.8) is 0 Å². The first-order chi connectivity index (χ1) is 16.3. The summed E-state index contributed by atoms with van der Waals surface area (Å²) in [6.07, 6.45) is 1.28. The lowest BCUT2D eigenvalue weighted by atomic mass is 10.2. The second-order valence-corrected chi connectivity index (χ2v) is 10.8. The number of carbonyl (C=O) groups excluding carboxylic acids is 3. The lowest BCUT2D eigenvalue weighted by Gasteiger charge is -2.36. The maximum Gasteiger partial charge on any atom is 0.288 e. The molecule has 0 aliphatic carbocycles. The van der Waals surface area contributed by atoms with E-state index < -0.39 is 27.0 Å². The Morgan fingerprint density at radius 1 is 0.971 bits per heavy atom. The van der Waals surface area contributed by atoms with Gasteiger partial charge in [-0.15, -0.1) is 11.3 Å². The van der Waals surface area contributed by atoms with Gasteiger partial charge in [-0.1, -0.05) is 23.8 Å². The number of piperazine rings is 1. The third kappa shape index (κ3) is 4.90. The van der Waals surface area contributed by atoms with Crippen LogP contribution in [0, 0.1) is 6.92 Å². The topological polar surface area (TPSA) is 117 Å². The highest BCUT2D eigenvalue weighted by Gasteiger charge is 2.40. The van der Waals surface area contributed by atoms with Crippen LogP contribution in [0.5, 0.6) is 0 Å². The summed E-state index contributed by atoms with van der Waals surface area (Å²) >= 11 is 1.34. The van der Waals surface area contributed by atoms with E-state index in [0.29, 0.717) is 4.88 Å². The van der Waals surface area contributed by atoms with Crippen molar-refractivity contribution >= 4 is 38.9 Å². The van der Waals surface area contributed by atoms with E-state index in [9.17, 15) is 22.8 Å². The van der Waals surface area contributed by atoms with Gasteiger partial charge in [0, 0.05) is 26.2 Å². The van der Waals surface area contributed by atoms with Crippen molar-refractivity contribution in [3.8, 4) is 0 Å². The molecule has 1 N–H and O–H groups in total. The molecule has 3 heterocycles. The van der Waals surface area contributed by atoms with Crippen LogP contribution < -0.4 is 5.32 Å². The number of furan rings is 1. The summed E-state index contributed by atoms with van der Waals surface area (Å²) in [6.45, 7) is 2.62. The Kier molecular flexibility index (Phi) is 6.85. The Balaban J connectivity index is 1.55. The minimum atomic E-state index is -4.26. The number of thiophene rings is 1. The van der Waals surface area contributed by atoms with Gasteiger partial charge in [0.15, 0.2) is 5.76 Å². The molecule has 34 heavy (non-hydrogen) atoms. The van der Waals surface area contributed by atoms with Crippen LogP contribution in [0.3, 0.4) is 0 Å². The van der Waals surface area contributed by atoms with Crippen molar-refractivity contribution < 1.29 is 27.2 Å². The van der Waals surface area contributed by atoms with Crippen molar-refractivity contribution in [1.29, 1.82) is 0 Å². The molecule has 0 bridgehead atoms. The monoisotopic (exact) mass is 501 g/mol. The lowest BCUT2D eigenvalue weighted by molar-refractivity contribution is -0.132. The lowest BCUT2D eigenvalue weighted by Crippen LogP contribution is -2.57. The zero-order valence-electron chi connectivity index (χ0n) is 18.3. The molecule has 0 radical (unpaired) electrons. The van der Waals surface area contributed by atoms with Gasteiger partial charge in [0.1, 0.15) is 0 Å². The van der Waals surface area contributed by atoms with Gasteiger partial charge in [0.2, 0.25) is 15.2 Å². The average Bonchev–Trinajstić information content (AvgIpc) is 3.57. The highest BCUT2D eigenvalue weighted by molar-refractivity contribution is 7.92. The number of sulfone groups is 1. The first kappa shape index (κ1) is 23.7. The molecule has 0 unspecified atom stereocenters. The largest absolute Gasteiger partial charge is 0.459 e. The van der Waals surface area contributed by atoms with Crippen LogP contribution >= 0.6 is 11.3 Å². The molecule has 4 rings (SSSR count). The minimum absolute atomic E-state index is 0.0808. The van der Waals surface area contributed by atoms with Crippen LogP contribution in [0.25, 0.3) is 0 Å². The summed E-state index contributed by atoms with van der Waals surface area (Å²) in [5.74, 6) is -1.81. The first-order valence-electron chi connectivity index (χ1n) is 10.5. The Hall–Kier alpha value is -3.44. The number of nitrogens with one attached hydrogen (secondary N) is 1. The molecule has 1 atom stereocenters. The second kappa shape index (κ2) is 9.82. The standard InChI is InChI=1S/C23H23N3O6S2/c1-16-6-8-17(9-7-16)34(30,31)21(24-20(27)18-4-2-14-32-18)23(29)26-12-10-25(11-13-26)22(28)19-5-3-15-33-19/h2-9,14-15,21H,10-13H2,1H3,(H,24,27)/t21-/m1/s1. The molecule has 2 aromatic heterocycles. The summed E-state index contributed by atoms with van der Waals surface area (Å²) in [4.78, 5) is 42.1. The number of hydrogen-bond acceptors (Lipinski definition) is 7. The van der Waals surface area contributed by atoms with Gasteiger partial charge >= 0.3 is 0 Å². The Morgan fingerprint density at radius 3 is 2.24 bits per heavy atom. The fourth-order valence-corrected chi connectivity index (χ4v) is 5.74. The van der Waals surface area contributed by atoms with E-state index in [0.717, 1.165) is 5.56 Å². The van der Waals surface area contributed by atoms with E-state index in [-0.39, 0.29) is 42.7 Å². The summed E-state index contributed by atoms with van der Waals surface area (Å²) in [7, 11) is -4.26. The number of benzene rings is 1. The Bertz CT molecular complexity index is 1260. The molecule has 11 heteroatoms. The molecular weight excluding hydrogens is 478 g/mol. The summed E-state index contributed by atoms with van der Waals surface area (Å²) in [5.41, 5.74) is 0.855. The maximum atomic E-state index is 13.4. The number of amides is 3. The van der Waals surface area contributed by atoms with Crippen LogP contribution in [-0.2, 0) is 14.6 Å². The fraction of sp³-hybridized carbons (Fsp3) is 0.261. The number of aryl methyl sites for hydroxylation is 1. The van der Waals surface area contributed by atoms with Crippen molar-refractivity contribution in [3.05, 3.63) is 76.4 Å². The van der Waals surface area contributed by atoms with Crippen molar-refractivity contribution in [2.45, 2.75) is 17.2 Å². The summed E-state index contributed by atoms with van der Waals surface area (Å²) < 4.78 is 31.9. The fourth-order valence-electron chi connectivity index (χ4n) is 3.59. The number of carbonyl (C=O) groups is 3. The molecule has 3 aromatic rings. The van der Waals surface area contributed by atoms with Crippen LogP contribution in [0.4, 0.5) is 0 Å². The Morgan fingerprint density at radius 2 is 1.65 bits per heavy atom. The number of rotatable bonds is 6. The average molecular weight is 502 g/mol. The second-order valence-electron chi connectivity index (χ2n) is 7.78. The molecular formula is C23H23N3O6S2. The van der Waals surface area contributed by atoms with Crippen molar-refractivity contribution in [2.24, 2.45) is 0 Å².